The molecule has 0 aromatic carbocycles. The molecule has 0 atom stereocenters. The Morgan fingerprint density at radius 2 is 1.78 bits per heavy atom. The molecule has 0 aromatic heterocycles. The van der Waals surface area contributed by atoms with Crippen LogP contribution in [0.2, 0.25) is 0 Å². The molecular weight excluding hydrogens is 226 g/mol. The van der Waals surface area contributed by atoms with E-state index in [1.54, 1.807) is 0 Å². The zero-order chi connectivity index (χ0) is 12.8. The molecule has 3 heteroatoms. The highest BCUT2D eigenvalue weighted by Gasteiger charge is 2.31. The topological polar surface area (TPSA) is 41.5 Å². The van der Waals surface area contributed by atoms with Crippen molar-refractivity contribution < 1.29 is 9.84 Å². The van der Waals surface area contributed by atoms with Crippen molar-refractivity contribution in [1.29, 1.82) is 0 Å². The molecule has 0 saturated heterocycles. The number of hydrogen-bond donors (Lipinski definition) is 2. The molecule has 2 aliphatic carbocycles. The molecule has 0 bridgehead atoms. The summed E-state index contributed by atoms with van der Waals surface area (Å²) in [4.78, 5) is 0. The minimum Gasteiger partial charge on any atom is -0.387 e. The molecule has 2 aliphatic rings. The highest BCUT2D eigenvalue weighted by atomic mass is 16.5. The van der Waals surface area contributed by atoms with Gasteiger partial charge in [0, 0.05) is 6.04 Å². The molecule has 18 heavy (non-hydrogen) atoms. The third kappa shape index (κ3) is 4.22. The first-order valence-corrected chi connectivity index (χ1v) is 7.79. The highest BCUT2D eigenvalue weighted by Crippen LogP contribution is 2.30. The van der Waals surface area contributed by atoms with Gasteiger partial charge in [-0.1, -0.05) is 26.2 Å². The normalized spacial score (nSPS) is 32.3. The molecule has 3 nitrogen and oxygen atoms in total. The number of aliphatic hydroxyl groups is 1. The second-order valence-electron chi connectivity index (χ2n) is 6.13. The van der Waals surface area contributed by atoms with Gasteiger partial charge in [0.15, 0.2) is 0 Å². The van der Waals surface area contributed by atoms with Gasteiger partial charge >= 0.3 is 0 Å². The van der Waals surface area contributed by atoms with Crippen LogP contribution in [0.25, 0.3) is 0 Å². The van der Waals surface area contributed by atoms with Crippen LogP contribution in [0.5, 0.6) is 0 Å². The van der Waals surface area contributed by atoms with Gasteiger partial charge in [0.05, 0.1) is 18.3 Å². The number of hydrogen-bond acceptors (Lipinski definition) is 3. The van der Waals surface area contributed by atoms with Crippen molar-refractivity contribution in [3.05, 3.63) is 0 Å². The summed E-state index contributed by atoms with van der Waals surface area (Å²) in [5.74, 6) is 0. The molecule has 2 fully saturated rings. The predicted octanol–water partition coefficient (Wildman–Crippen LogP) is 2.62. The Kier molecular flexibility index (Phi) is 5.46. The van der Waals surface area contributed by atoms with Crippen molar-refractivity contribution in [2.24, 2.45) is 0 Å². The van der Waals surface area contributed by atoms with Crippen molar-refractivity contribution in [2.45, 2.75) is 82.5 Å². The van der Waals surface area contributed by atoms with Gasteiger partial charge in [-0.2, -0.15) is 0 Å². The third-order valence-corrected chi connectivity index (χ3v) is 4.54. The van der Waals surface area contributed by atoms with E-state index in [0.717, 1.165) is 45.1 Å². The fraction of sp³-hybridized carbons (Fsp3) is 1.00. The van der Waals surface area contributed by atoms with E-state index in [9.17, 15) is 5.11 Å². The summed E-state index contributed by atoms with van der Waals surface area (Å²) in [6.07, 6.45) is 10.6. The Morgan fingerprint density at radius 3 is 2.39 bits per heavy atom. The van der Waals surface area contributed by atoms with Crippen molar-refractivity contribution in [3.8, 4) is 0 Å². The minimum absolute atomic E-state index is 0.380. The van der Waals surface area contributed by atoms with Crippen molar-refractivity contribution in [2.75, 3.05) is 13.2 Å². The Morgan fingerprint density at radius 1 is 1.11 bits per heavy atom. The van der Waals surface area contributed by atoms with Gasteiger partial charge < -0.3 is 15.2 Å². The Bertz CT molecular complexity index is 231. The minimum atomic E-state index is -0.517. The summed E-state index contributed by atoms with van der Waals surface area (Å²) in [5.41, 5.74) is -0.517. The molecular formula is C15H29NO2. The first kappa shape index (κ1) is 14.3. The largest absolute Gasteiger partial charge is 0.387 e. The van der Waals surface area contributed by atoms with E-state index in [0.29, 0.717) is 18.8 Å². The first-order chi connectivity index (χ1) is 8.72. The zero-order valence-electron chi connectivity index (χ0n) is 11.8. The van der Waals surface area contributed by atoms with E-state index in [1.165, 1.54) is 19.3 Å². The van der Waals surface area contributed by atoms with Crippen LogP contribution in [-0.2, 0) is 4.74 Å². The van der Waals surface area contributed by atoms with Gasteiger partial charge in [0.25, 0.3) is 0 Å². The predicted molar refractivity (Wildman–Crippen MR) is 73.7 cm³/mol. The quantitative estimate of drug-likeness (QED) is 0.793. The fourth-order valence-electron chi connectivity index (χ4n) is 3.35. The molecule has 2 saturated carbocycles. The van der Waals surface area contributed by atoms with Crippen LogP contribution in [-0.4, -0.2) is 36.0 Å². The van der Waals surface area contributed by atoms with E-state index in [-0.39, 0.29) is 0 Å². The van der Waals surface area contributed by atoms with Crippen LogP contribution >= 0.6 is 0 Å². The van der Waals surface area contributed by atoms with Crippen LogP contribution in [0.1, 0.15) is 64.7 Å². The zero-order valence-corrected chi connectivity index (χ0v) is 11.8. The SMILES string of the molecule is CCNC1CCC(OCC2(O)CCCCC2)CC1. The van der Waals surface area contributed by atoms with Crippen molar-refractivity contribution in [3.63, 3.8) is 0 Å². The average Bonchev–Trinajstić information content (AvgIpc) is 2.39. The Balaban J connectivity index is 1.65. The molecule has 2 rings (SSSR count). The molecule has 0 spiro atoms. The summed E-state index contributed by atoms with van der Waals surface area (Å²) >= 11 is 0. The lowest BCUT2D eigenvalue weighted by Gasteiger charge is -2.35. The van der Waals surface area contributed by atoms with Gasteiger partial charge in [-0.3, -0.25) is 0 Å². The standard InChI is InChI=1S/C15H29NO2/c1-2-16-13-6-8-14(9-7-13)18-12-15(17)10-4-3-5-11-15/h13-14,16-17H,2-12H2,1H3. The first-order valence-electron chi connectivity index (χ1n) is 7.79. The third-order valence-electron chi connectivity index (χ3n) is 4.54. The lowest BCUT2D eigenvalue weighted by molar-refractivity contribution is -0.0980. The molecule has 2 N–H and O–H groups in total. The molecule has 0 aliphatic heterocycles. The number of ether oxygens (including phenoxy) is 1. The Labute approximate surface area is 111 Å². The highest BCUT2D eigenvalue weighted by molar-refractivity contribution is 4.83. The molecule has 0 amide bonds. The number of rotatable bonds is 5. The maximum Gasteiger partial charge on any atom is 0.0880 e. The summed E-state index contributed by atoms with van der Waals surface area (Å²) in [5, 5.41) is 13.9. The van der Waals surface area contributed by atoms with Crippen molar-refractivity contribution in [1.82, 2.24) is 5.32 Å². The smallest absolute Gasteiger partial charge is 0.0880 e. The average molecular weight is 255 g/mol. The van der Waals surface area contributed by atoms with Crippen LogP contribution in [0.4, 0.5) is 0 Å². The van der Waals surface area contributed by atoms with Gasteiger partial charge in [-0.15, -0.1) is 0 Å². The summed E-state index contributed by atoms with van der Waals surface area (Å²) < 4.78 is 5.97. The van der Waals surface area contributed by atoms with E-state index < -0.39 is 5.60 Å². The lowest BCUT2D eigenvalue weighted by Crippen LogP contribution is -2.40. The summed E-state index contributed by atoms with van der Waals surface area (Å²) in [7, 11) is 0. The molecule has 106 valence electrons. The number of nitrogens with one attached hydrogen (secondary N) is 1. The molecule has 0 radical (unpaired) electrons. The summed E-state index contributed by atoms with van der Waals surface area (Å²) in [6, 6.07) is 0.688. The monoisotopic (exact) mass is 255 g/mol. The Hall–Kier alpha value is -0.120. The maximum absolute atomic E-state index is 10.4. The van der Waals surface area contributed by atoms with Gasteiger partial charge in [0.2, 0.25) is 0 Å². The second-order valence-corrected chi connectivity index (χ2v) is 6.13. The van der Waals surface area contributed by atoms with E-state index in [1.807, 2.05) is 0 Å². The van der Waals surface area contributed by atoms with Crippen LogP contribution in [0, 0.1) is 0 Å². The second kappa shape index (κ2) is 6.88. The van der Waals surface area contributed by atoms with Crippen LogP contribution in [0.3, 0.4) is 0 Å². The lowest BCUT2D eigenvalue weighted by atomic mass is 9.85. The maximum atomic E-state index is 10.4. The van der Waals surface area contributed by atoms with Gasteiger partial charge in [-0.25, -0.2) is 0 Å². The van der Waals surface area contributed by atoms with E-state index in [4.69, 9.17) is 4.74 Å². The van der Waals surface area contributed by atoms with E-state index >= 15 is 0 Å². The van der Waals surface area contributed by atoms with Crippen LogP contribution in [0.15, 0.2) is 0 Å². The van der Waals surface area contributed by atoms with Crippen LogP contribution < -0.4 is 5.32 Å². The fourth-order valence-corrected chi connectivity index (χ4v) is 3.35. The molecule has 0 aromatic rings. The van der Waals surface area contributed by atoms with Gasteiger partial charge in [0.1, 0.15) is 0 Å². The molecule has 0 heterocycles. The van der Waals surface area contributed by atoms with Gasteiger partial charge in [-0.05, 0) is 45.1 Å². The summed E-state index contributed by atoms with van der Waals surface area (Å²) in [6.45, 7) is 3.79. The van der Waals surface area contributed by atoms with Crippen molar-refractivity contribution >= 4 is 0 Å². The molecule has 0 unspecified atom stereocenters. The van der Waals surface area contributed by atoms with E-state index in [2.05, 4.69) is 12.2 Å².